The smallest absolute Gasteiger partial charge is 0.356 e. The molecule has 118 valence electrons. The molecule has 2 amide bonds. The van der Waals surface area contributed by atoms with Gasteiger partial charge in [-0.3, -0.25) is 0 Å². The average Bonchev–Trinajstić information content (AvgIpc) is 2.87. The summed E-state index contributed by atoms with van der Waals surface area (Å²) in [4.78, 5) is 28.1. The quantitative estimate of drug-likeness (QED) is 0.637. The highest BCUT2D eigenvalue weighted by Gasteiger charge is 2.07. The van der Waals surface area contributed by atoms with E-state index in [-0.39, 0.29) is 11.7 Å². The molecule has 0 aliphatic heterocycles. The van der Waals surface area contributed by atoms with E-state index in [1.807, 2.05) is 7.05 Å². The van der Waals surface area contributed by atoms with E-state index in [2.05, 4.69) is 34.4 Å². The van der Waals surface area contributed by atoms with Crippen LogP contribution in [0.4, 0.5) is 4.79 Å². The van der Waals surface area contributed by atoms with Gasteiger partial charge in [0.2, 0.25) is 0 Å². The van der Waals surface area contributed by atoms with Crippen LogP contribution in [0, 0.1) is 0 Å². The van der Waals surface area contributed by atoms with Gasteiger partial charge in [-0.15, -0.1) is 0 Å². The van der Waals surface area contributed by atoms with Crippen LogP contribution in [0.15, 0.2) is 12.5 Å². The van der Waals surface area contributed by atoms with E-state index in [4.69, 9.17) is 5.11 Å². The average molecular weight is 297 g/mol. The van der Waals surface area contributed by atoms with Crippen molar-refractivity contribution in [2.45, 2.75) is 26.4 Å². The van der Waals surface area contributed by atoms with Crippen molar-refractivity contribution in [3.63, 3.8) is 0 Å². The number of carboxylic acids is 1. The zero-order valence-electron chi connectivity index (χ0n) is 12.7. The Kier molecular flexibility index (Phi) is 6.67. The second kappa shape index (κ2) is 8.25. The Hall–Kier alpha value is -2.09. The Balaban J connectivity index is 2.17. The number of carboxylic acid groups (broad SMARTS) is 1. The van der Waals surface area contributed by atoms with Gasteiger partial charge >= 0.3 is 12.0 Å². The first-order chi connectivity index (χ1) is 9.90. The number of nitrogens with one attached hydrogen (secondary N) is 2. The normalized spacial score (nSPS) is 10.9. The van der Waals surface area contributed by atoms with Crippen LogP contribution in [0.5, 0.6) is 0 Å². The lowest BCUT2D eigenvalue weighted by atomic mass is 10.3. The van der Waals surface area contributed by atoms with Gasteiger partial charge in [-0.25, -0.2) is 14.6 Å². The van der Waals surface area contributed by atoms with Crippen LogP contribution in [0.25, 0.3) is 0 Å². The second-order valence-corrected chi connectivity index (χ2v) is 5.06. The molecule has 0 fully saturated rings. The van der Waals surface area contributed by atoms with Crippen molar-refractivity contribution in [3.8, 4) is 0 Å². The Morgan fingerprint density at radius 2 is 2.05 bits per heavy atom. The number of nitrogens with zero attached hydrogens (tertiary/aromatic N) is 3. The molecule has 0 unspecified atom stereocenters. The summed E-state index contributed by atoms with van der Waals surface area (Å²) in [7, 11) is 2.00. The van der Waals surface area contributed by atoms with E-state index >= 15 is 0 Å². The van der Waals surface area contributed by atoms with Gasteiger partial charge in [0.05, 0.1) is 6.33 Å². The predicted molar refractivity (Wildman–Crippen MR) is 78.4 cm³/mol. The van der Waals surface area contributed by atoms with Crippen molar-refractivity contribution >= 4 is 12.0 Å². The molecule has 1 aromatic heterocycles. The van der Waals surface area contributed by atoms with Crippen LogP contribution < -0.4 is 10.6 Å². The number of aromatic nitrogens is 2. The molecule has 8 heteroatoms. The maximum absolute atomic E-state index is 11.5. The molecular formula is C13H23N5O3. The first-order valence-corrected chi connectivity index (χ1v) is 6.87. The van der Waals surface area contributed by atoms with Crippen LogP contribution in [0.3, 0.4) is 0 Å². The third kappa shape index (κ3) is 6.26. The SMILES string of the molecule is CC(C)N(C)CCNC(=O)NCCn1cnc(C(=O)O)c1. The van der Waals surface area contributed by atoms with Gasteiger partial charge in [0.25, 0.3) is 0 Å². The molecule has 0 bridgehead atoms. The number of amides is 2. The Bertz CT molecular complexity index is 472. The molecule has 0 saturated carbocycles. The standard InChI is InChI=1S/C13H23N5O3/c1-10(2)17(3)6-4-14-13(21)15-5-7-18-8-11(12(19)20)16-9-18/h8-10H,4-7H2,1-3H3,(H,19,20)(H2,14,15,21). The predicted octanol–water partition coefficient (Wildman–Crippen LogP) is 0.221. The lowest BCUT2D eigenvalue weighted by molar-refractivity contribution is 0.0691. The van der Waals surface area contributed by atoms with Crippen LogP contribution in [-0.2, 0) is 6.54 Å². The lowest BCUT2D eigenvalue weighted by Gasteiger charge is -2.20. The fourth-order valence-corrected chi connectivity index (χ4v) is 1.56. The van der Waals surface area contributed by atoms with Crippen LogP contribution in [0.1, 0.15) is 24.3 Å². The van der Waals surface area contributed by atoms with E-state index in [1.54, 1.807) is 4.57 Å². The van der Waals surface area contributed by atoms with Crippen molar-refractivity contribution < 1.29 is 14.7 Å². The monoisotopic (exact) mass is 297 g/mol. The first kappa shape index (κ1) is 17.0. The van der Waals surface area contributed by atoms with Gasteiger partial charge in [-0.2, -0.15) is 0 Å². The molecule has 1 aromatic rings. The summed E-state index contributed by atoms with van der Waals surface area (Å²) in [5, 5.41) is 14.2. The number of hydrogen-bond acceptors (Lipinski definition) is 4. The summed E-state index contributed by atoms with van der Waals surface area (Å²) < 4.78 is 1.62. The topological polar surface area (TPSA) is 99.5 Å². The van der Waals surface area contributed by atoms with Gasteiger partial charge in [0.15, 0.2) is 5.69 Å². The summed E-state index contributed by atoms with van der Waals surface area (Å²) in [5.41, 5.74) is -0.00354. The molecule has 0 atom stereocenters. The van der Waals surface area contributed by atoms with Crippen LogP contribution >= 0.6 is 0 Å². The Labute approximate surface area is 124 Å². The zero-order valence-corrected chi connectivity index (χ0v) is 12.7. The molecule has 0 aliphatic carbocycles. The Morgan fingerprint density at radius 1 is 1.38 bits per heavy atom. The van der Waals surface area contributed by atoms with Crippen LogP contribution in [0.2, 0.25) is 0 Å². The molecule has 21 heavy (non-hydrogen) atoms. The van der Waals surface area contributed by atoms with Crippen molar-refractivity contribution in [2.24, 2.45) is 0 Å². The molecular weight excluding hydrogens is 274 g/mol. The number of hydrogen-bond donors (Lipinski definition) is 3. The maximum atomic E-state index is 11.5. The maximum Gasteiger partial charge on any atom is 0.356 e. The first-order valence-electron chi connectivity index (χ1n) is 6.87. The molecule has 0 radical (unpaired) electrons. The number of imidazole rings is 1. The van der Waals surface area contributed by atoms with E-state index in [1.165, 1.54) is 12.5 Å². The number of rotatable bonds is 8. The number of aromatic carboxylic acids is 1. The van der Waals surface area contributed by atoms with Crippen molar-refractivity contribution in [3.05, 3.63) is 18.2 Å². The minimum atomic E-state index is -1.06. The molecule has 1 rings (SSSR count). The minimum Gasteiger partial charge on any atom is -0.476 e. The Morgan fingerprint density at radius 3 is 2.62 bits per heavy atom. The highest BCUT2D eigenvalue weighted by Crippen LogP contribution is 1.95. The number of likely N-dealkylation sites (N-methyl/N-ethyl adjacent to an activating group) is 1. The molecule has 3 N–H and O–H groups in total. The highest BCUT2D eigenvalue weighted by atomic mass is 16.4. The minimum absolute atomic E-state index is 0.00354. The largest absolute Gasteiger partial charge is 0.476 e. The number of urea groups is 1. The lowest BCUT2D eigenvalue weighted by Crippen LogP contribution is -2.41. The molecule has 0 aromatic carbocycles. The summed E-state index contributed by atoms with van der Waals surface area (Å²) >= 11 is 0. The summed E-state index contributed by atoms with van der Waals surface area (Å²) in [6.45, 7) is 6.43. The highest BCUT2D eigenvalue weighted by molar-refractivity contribution is 5.84. The summed E-state index contributed by atoms with van der Waals surface area (Å²) in [6, 6.07) is 0.213. The number of carbonyl (C=O) groups excluding carboxylic acids is 1. The fraction of sp³-hybridized carbons (Fsp3) is 0.615. The third-order valence-electron chi connectivity index (χ3n) is 3.14. The van der Waals surface area contributed by atoms with Crippen molar-refractivity contribution in [1.29, 1.82) is 0 Å². The summed E-state index contributed by atoms with van der Waals surface area (Å²) in [6.07, 6.45) is 2.86. The van der Waals surface area contributed by atoms with Crippen molar-refractivity contribution in [1.82, 2.24) is 25.1 Å². The summed E-state index contributed by atoms with van der Waals surface area (Å²) in [5.74, 6) is -1.06. The van der Waals surface area contributed by atoms with Crippen LogP contribution in [-0.4, -0.2) is 64.3 Å². The van der Waals surface area contributed by atoms with E-state index in [0.29, 0.717) is 25.7 Å². The van der Waals surface area contributed by atoms with E-state index in [9.17, 15) is 9.59 Å². The van der Waals surface area contributed by atoms with Gasteiger partial charge < -0.3 is 25.2 Å². The van der Waals surface area contributed by atoms with Gasteiger partial charge in [0.1, 0.15) is 0 Å². The zero-order chi connectivity index (χ0) is 15.8. The number of carbonyl (C=O) groups is 2. The van der Waals surface area contributed by atoms with Gasteiger partial charge in [-0.05, 0) is 20.9 Å². The van der Waals surface area contributed by atoms with Crippen molar-refractivity contribution in [2.75, 3.05) is 26.7 Å². The molecule has 1 heterocycles. The molecule has 0 saturated heterocycles. The molecule has 8 nitrogen and oxygen atoms in total. The van der Waals surface area contributed by atoms with Gasteiger partial charge in [-0.1, -0.05) is 0 Å². The van der Waals surface area contributed by atoms with E-state index in [0.717, 1.165) is 6.54 Å². The fourth-order valence-electron chi connectivity index (χ4n) is 1.56. The molecule has 0 aliphatic rings. The molecule has 0 spiro atoms. The third-order valence-corrected chi connectivity index (χ3v) is 3.14. The second-order valence-electron chi connectivity index (χ2n) is 5.06. The van der Waals surface area contributed by atoms with Gasteiger partial charge in [0, 0.05) is 38.4 Å². The van der Waals surface area contributed by atoms with E-state index < -0.39 is 5.97 Å².